The fraction of sp³-hybridized carbons (Fsp3) is 0.240. The van der Waals surface area contributed by atoms with Gasteiger partial charge in [0.05, 0.1) is 6.54 Å². The van der Waals surface area contributed by atoms with E-state index in [0.717, 1.165) is 16.6 Å². The van der Waals surface area contributed by atoms with Crippen LogP contribution in [0.25, 0.3) is 22.0 Å². The van der Waals surface area contributed by atoms with Gasteiger partial charge in [0.2, 0.25) is 5.95 Å². The normalized spacial score (nSPS) is 14.1. The van der Waals surface area contributed by atoms with Crippen molar-refractivity contribution in [2.45, 2.75) is 32.7 Å². The van der Waals surface area contributed by atoms with Gasteiger partial charge in [0.15, 0.2) is 0 Å². The first-order valence-electron chi connectivity index (χ1n) is 10.6. The molecule has 6 N–H and O–H groups in total. The molecule has 0 saturated carbocycles. The SMILES string of the molecule is CC(C)C(C)(c1ccc(-c2cnc(N)nc2)cc1)c1cn(C/C(N)=N/N)c2ccccc12. The number of nitrogens with two attached hydrogens (primary N) is 3. The Balaban J connectivity index is 1.82. The smallest absolute Gasteiger partial charge is 0.219 e. The Morgan fingerprint density at radius 3 is 2.31 bits per heavy atom. The van der Waals surface area contributed by atoms with E-state index in [1.807, 2.05) is 6.07 Å². The van der Waals surface area contributed by atoms with Gasteiger partial charge in [0.25, 0.3) is 0 Å². The number of anilines is 1. The molecule has 0 aliphatic heterocycles. The summed E-state index contributed by atoms with van der Waals surface area (Å²) in [5, 5.41) is 4.85. The van der Waals surface area contributed by atoms with E-state index in [-0.39, 0.29) is 11.4 Å². The topological polar surface area (TPSA) is 121 Å². The van der Waals surface area contributed by atoms with Gasteiger partial charge in [-0.1, -0.05) is 63.2 Å². The summed E-state index contributed by atoms with van der Waals surface area (Å²) in [4.78, 5) is 8.21. The van der Waals surface area contributed by atoms with Crippen LogP contribution >= 0.6 is 0 Å². The molecule has 4 rings (SSSR count). The first-order chi connectivity index (χ1) is 15.3. The van der Waals surface area contributed by atoms with Crippen LogP contribution in [0.3, 0.4) is 0 Å². The lowest BCUT2D eigenvalue weighted by Gasteiger charge is -2.35. The largest absolute Gasteiger partial charge is 0.384 e. The van der Waals surface area contributed by atoms with Gasteiger partial charge in [-0.15, -0.1) is 0 Å². The Bertz CT molecular complexity index is 1250. The minimum absolute atomic E-state index is 0.227. The Hall–Kier alpha value is -3.87. The number of nitrogen functional groups attached to an aromatic ring is 1. The van der Waals surface area contributed by atoms with Gasteiger partial charge in [0.1, 0.15) is 5.84 Å². The number of aromatic nitrogens is 3. The highest BCUT2D eigenvalue weighted by molar-refractivity contribution is 5.88. The summed E-state index contributed by atoms with van der Waals surface area (Å²) >= 11 is 0. The summed E-state index contributed by atoms with van der Waals surface area (Å²) in [6, 6.07) is 17.0. The summed E-state index contributed by atoms with van der Waals surface area (Å²) in [7, 11) is 0. The molecule has 7 heteroatoms. The number of amidine groups is 1. The summed E-state index contributed by atoms with van der Waals surface area (Å²) in [6.07, 6.45) is 5.68. The van der Waals surface area contributed by atoms with Crippen LogP contribution in [0.15, 0.2) is 72.2 Å². The maximum atomic E-state index is 5.95. The standard InChI is InChI=1S/C25H29N7/c1-16(2)25(3,19-10-8-17(9-11-19)18-12-29-24(27)30-13-18)21-14-32(15-23(26)31-28)22-7-5-4-6-20(21)22/h4-14,16H,15,28H2,1-3H3,(H2,26,31)(H2,27,29,30). The Labute approximate surface area is 188 Å². The predicted molar refractivity (Wildman–Crippen MR) is 131 cm³/mol. The summed E-state index contributed by atoms with van der Waals surface area (Å²) in [6.45, 7) is 7.25. The van der Waals surface area contributed by atoms with Crippen LogP contribution in [0.1, 0.15) is 31.9 Å². The van der Waals surface area contributed by atoms with Crippen molar-refractivity contribution in [3.63, 3.8) is 0 Å². The van der Waals surface area contributed by atoms with Crippen LogP contribution in [0.2, 0.25) is 0 Å². The van der Waals surface area contributed by atoms with E-state index in [2.05, 4.69) is 89.1 Å². The molecule has 0 aliphatic rings. The quantitative estimate of drug-likeness (QED) is 0.187. The third-order valence-corrected chi connectivity index (χ3v) is 6.49. The van der Waals surface area contributed by atoms with Crippen molar-refractivity contribution in [1.29, 1.82) is 0 Å². The molecule has 0 fully saturated rings. The van der Waals surface area contributed by atoms with Gasteiger partial charge in [-0.3, -0.25) is 0 Å². The van der Waals surface area contributed by atoms with Crippen LogP contribution in [0.5, 0.6) is 0 Å². The van der Waals surface area contributed by atoms with Gasteiger partial charge in [-0.05, 0) is 28.7 Å². The highest BCUT2D eigenvalue weighted by Gasteiger charge is 2.35. The van der Waals surface area contributed by atoms with Crippen LogP contribution in [0.4, 0.5) is 5.95 Å². The average Bonchev–Trinajstić information content (AvgIpc) is 3.17. The number of rotatable bonds is 6. The Kier molecular flexibility index (Phi) is 5.57. The van der Waals surface area contributed by atoms with Crippen molar-refractivity contribution in [3.8, 4) is 11.1 Å². The molecule has 4 aromatic rings. The molecule has 164 valence electrons. The molecule has 32 heavy (non-hydrogen) atoms. The zero-order valence-electron chi connectivity index (χ0n) is 18.7. The van der Waals surface area contributed by atoms with Crippen LogP contribution in [0, 0.1) is 5.92 Å². The molecular weight excluding hydrogens is 398 g/mol. The second kappa shape index (κ2) is 8.34. The minimum atomic E-state index is -0.227. The summed E-state index contributed by atoms with van der Waals surface area (Å²) in [5.74, 6) is 6.40. The number of nitrogens with zero attached hydrogens (tertiary/aromatic N) is 4. The van der Waals surface area contributed by atoms with Crippen molar-refractivity contribution >= 4 is 22.7 Å². The number of fused-ring (bicyclic) bond motifs is 1. The van der Waals surface area contributed by atoms with Gasteiger partial charge < -0.3 is 21.9 Å². The van der Waals surface area contributed by atoms with E-state index in [9.17, 15) is 0 Å². The number of para-hydroxylation sites is 1. The van der Waals surface area contributed by atoms with Crippen molar-refractivity contribution in [2.75, 3.05) is 5.73 Å². The fourth-order valence-corrected chi connectivity index (χ4v) is 4.30. The van der Waals surface area contributed by atoms with Crippen LogP contribution in [-0.4, -0.2) is 20.4 Å². The highest BCUT2D eigenvalue weighted by atomic mass is 15.2. The summed E-state index contributed by atoms with van der Waals surface area (Å²) < 4.78 is 2.12. The van der Waals surface area contributed by atoms with Crippen molar-refractivity contribution in [3.05, 3.63) is 78.2 Å². The first-order valence-corrected chi connectivity index (χ1v) is 10.6. The maximum absolute atomic E-state index is 5.95. The average molecular weight is 428 g/mol. The molecule has 0 spiro atoms. The molecule has 2 aromatic carbocycles. The van der Waals surface area contributed by atoms with E-state index >= 15 is 0 Å². The molecular formula is C25H29N7. The zero-order valence-corrected chi connectivity index (χ0v) is 18.7. The number of benzene rings is 2. The monoisotopic (exact) mass is 427 g/mol. The highest BCUT2D eigenvalue weighted by Crippen LogP contribution is 2.43. The van der Waals surface area contributed by atoms with E-state index in [4.69, 9.17) is 17.3 Å². The van der Waals surface area contributed by atoms with Crippen molar-refractivity contribution in [2.24, 2.45) is 22.6 Å². The minimum Gasteiger partial charge on any atom is -0.384 e. The molecule has 2 aromatic heterocycles. The van der Waals surface area contributed by atoms with E-state index < -0.39 is 0 Å². The van der Waals surface area contributed by atoms with E-state index in [1.165, 1.54) is 16.5 Å². The molecule has 7 nitrogen and oxygen atoms in total. The lowest BCUT2D eigenvalue weighted by Crippen LogP contribution is -2.30. The molecule has 0 saturated heterocycles. The van der Waals surface area contributed by atoms with Gasteiger partial charge in [-0.25, -0.2) is 9.97 Å². The van der Waals surface area contributed by atoms with E-state index in [0.29, 0.717) is 18.3 Å². The second-order valence-corrected chi connectivity index (χ2v) is 8.57. The number of hydrogen-bond acceptors (Lipinski definition) is 5. The third-order valence-electron chi connectivity index (χ3n) is 6.49. The summed E-state index contributed by atoms with van der Waals surface area (Å²) in [5.41, 5.74) is 16.9. The lowest BCUT2D eigenvalue weighted by atomic mass is 9.68. The van der Waals surface area contributed by atoms with Gasteiger partial charge in [-0.2, -0.15) is 5.10 Å². The molecule has 0 radical (unpaired) electrons. The molecule has 0 bridgehead atoms. The Morgan fingerprint density at radius 2 is 1.69 bits per heavy atom. The van der Waals surface area contributed by atoms with Crippen LogP contribution in [-0.2, 0) is 12.0 Å². The molecule has 0 aliphatic carbocycles. The predicted octanol–water partition coefficient (Wildman–Crippen LogP) is 3.87. The molecule has 2 heterocycles. The fourth-order valence-electron chi connectivity index (χ4n) is 4.30. The van der Waals surface area contributed by atoms with Gasteiger partial charge >= 0.3 is 0 Å². The molecule has 1 unspecified atom stereocenters. The van der Waals surface area contributed by atoms with Crippen molar-refractivity contribution in [1.82, 2.24) is 14.5 Å². The van der Waals surface area contributed by atoms with Gasteiger partial charge in [0, 0.05) is 40.5 Å². The van der Waals surface area contributed by atoms with E-state index in [1.54, 1.807) is 12.4 Å². The first kappa shape index (κ1) is 21.4. The maximum Gasteiger partial charge on any atom is 0.219 e. The zero-order chi connectivity index (χ0) is 22.9. The lowest BCUT2D eigenvalue weighted by molar-refractivity contribution is 0.407. The van der Waals surface area contributed by atoms with Crippen LogP contribution < -0.4 is 17.3 Å². The molecule has 0 amide bonds. The second-order valence-electron chi connectivity index (χ2n) is 8.57. The molecule has 1 atom stereocenters. The van der Waals surface area contributed by atoms with Crippen molar-refractivity contribution < 1.29 is 0 Å². The number of hydrogen-bond donors (Lipinski definition) is 3. The number of hydrazone groups is 1. The Morgan fingerprint density at radius 1 is 1.03 bits per heavy atom. The third kappa shape index (κ3) is 3.66.